The van der Waals surface area contributed by atoms with Crippen LogP contribution in [0.1, 0.15) is 55.1 Å². The lowest BCUT2D eigenvalue weighted by Gasteiger charge is -2.08. The molecule has 0 amide bonds. The van der Waals surface area contributed by atoms with E-state index >= 15 is 0 Å². The Morgan fingerprint density at radius 3 is 2.50 bits per heavy atom. The van der Waals surface area contributed by atoms with E-state index in [1.807, 2.05) is 0 Å². The highest BCUT2D eigenvalue weighted by atomic mass is 15.4. The highest BCUT2D eigenvalue weighted by Crippen LogP contribution is 2.13. The van der Waals surface area contributed by atoms with Crippen LogP contribution in [-0.2, 0) is 25.9 Å². The Labute approximate surface area is 133 Å². The molecule has 0 unspecified atom stereocenters. The molecule has 0 atom stereocenters. The minimum absolute atomic E-state index is 0.470. The molecule has 0 bridgehead atoms. The van der Waals surface area contributed by atoms with Crippen molar-refractivity contribution in [1.29, 1.82) is 0 Å². The van der Waals surface area contributed by atoms with Gasteiger partial charge in [-0.25, -0.2) is 4.68 Å². The van der Waals surface area contributed by atoms with E-state index in [2.05, 4.69) is 53.1 Å². The van der Waals surface area contributed by atoms with Crippen LogP contribution in [0.2, 0.25) is 0 Å². The first kappa shape index (κ1) is 16.7. The zero-order chi connectivity index (χ0) is 15.8. The summed E-state index contributed by atoms with van der Waals surface area (Å²) in [6.45, 7) is 5.77. The Bertz CT molecular complexity index is 557. The van der Waals surface area contributed by atoms with Gasteiger partial charge in [0.15, 0.2) is 0 Å². The van der Waals surface area contributed by atoms with Gasteiger partial charge in [0.2, 0.25) is 0 Å². The molecule has 0 saturated heterocycles. The van der Waals surface area contributed by atoms with Gasteiger partial charge in [-0.05, 0) is 31.7 Å². The molecule has 2 rings (SSSR count). The Morgan fingerprint density at radius 2 is 1.82 bits per heavy atom. The fourth-order valence-corrected chi connectivity index (χ4v) is 2.69. The van der Waals surface area contributed by atoms with E-state index in [1.165, 1.54) is 42.5 Å². The number of hydrogen-bond donors (Lipinski definition) is 1. The van der Waals surface area contributed by atoms with Gasteiger partial charge < -0.3 is 5.73 Å². The molecule has 4 nitrogen and oxygen atoms in total. The van der Waals surface area contributed by atoms with Crippen molar-refractivity contribution in [2.45, 2.75) is 65.5 Å². The minimum Gasteiger partial charge on any atom is -0.325 e. The lowest BCUT2D eigenvalue weighted by atomic mass is 10.1. The summed E-state index contributed by atoms with van der Waals surface area (Å²) in [6, 6.07) is 8.73. The van der Waals surface area contributed by atoms with E-state index < -0.39 is 0 Å². The van der Waals surface area contributed by atoms with Gasteiger partial charge in [-0.1, -0.05) is 61.2 Å². The SMILES string of the molecule is CCCCCCn1nnc(CN)c1CCc1ccc(C)cc1. The first-order chi connectivity index (χ1) is 10.7. The van der Waals surface area contributed by atoms with Gasteiger partial charge in [0.25, 0.3) is 0 Å². The normalized spacial score (nSPS) is 11.0. The quantitative estimate of drug-likeness (QED) is 0.722. The lowest BCUT2D eigenvalue weighted by Crippen LogP contribution is -2.09. The standard InChI is InChI=1S/C18H28N4/c1-3-4-5-6-13-22-18(17(14-19)20-21-22)12-11-16-9-7-15(2)8-10-16/h7-10H,3-6,11-14,19H2,1-2H3. The van der Waals surface area contributed by atoms with Crippen LogP contribution in [-0.4, -0.2) is 15.0 Å². The zero-order valence-corrected chi connectivity index (χ0v) is 13.9. The van der Waals surface area contributed by atoms with Crippen molar-refractivity contribution in [3.8, 4) is 0 Å². The van der Waals surface area contributed by atoms with E-state index in [-0.39, 0.29) is 0 Å². The number of unbranched alkanes of at least 4 members (excludes halogenated alkanes) is 3. The lowest BCUT2D eigenvalue weighted by molar-refractivity contribution is 0.511. The van der Waals surface area contributed by atoms with E-state index in [4.69, 9.17) is 5.73 Å². The molecule has 0 aliphatic rings. The van der Waals surface area contributed by atoms with Crippen LogP contribution in [0.5, 0.6) is 0 Å². The average molecular weight is 300 g/mol. The summed E-state index contributed by atoms with van der Waals surface area (Å²) >= 11 is 0. The van der Waals surface area contributed by atoms with Crippen LogP contribution in [0, 0.1) is 6.92 Å². The van der Waals surface area contributed by atoms with Crippen molar-refractivity contribution in [3.05, 3.63) is 46.8 Å². The molecule has 1 heterocycles. The molecule has 0 saturated carbocycles. The van der Waals surface area contributed by atoms with Gasteiger partial charge in [-0.15, -0.1) is 5.10 Å². The molecule has 0 spiro atoms. The molecule has 2 N–H and O–H groups in total. The summed E-state index contributed by atoms with van der Waals surface area (Å²) in [4.78, 5) is 0. The van der Waals surface area contributed by atoms with Crippen LogP contribution in [0.3, 0.4) is 0 Å². The first-order valence-electron chi connectivity index (χ1n) is 8.41. The maximum atomic E-state index is 5.81. The molecule has 2 aromatic rings. The van der Waals surface area contributed by atoms with E-state index in [0.29, 0.717) is 6.54 Å². The van der Waals surface area contributed by atoms with Crippen molar-refractivity contribution in [3.63, 3.8) is 0 Å². The van der Waals surface area contributed by atoms with Crippen molar-refractivity contribution in [2.75, 3.05) is 0 Å². The monoisotopic (exact) mass is 300 g/mol. The first-order valence-corrected chi connectivity index (χ1v) is 8.41. The van der Waals surface area contributed by atoms with E-state index in [1.54, 1.807) is 0 Å². The zero-order valence-electron chi connectivity index (χ0n) is 13.9. The largest absolute Gasteiger partial charge is 0.325 e. The van der Waals surface area contributed by atoms with Crippen molar-refractivity contribution >= 4 is 0 Å². The van der Waals surface area contributed by atoms with Crippen LogP contribution < -0.4 is 5.73 Å². The highest BCUT2D eigenvalue weighted by molar-refractivity contribution is 5.22. The van der Waals surface area contributed by atoms with Gasteiger partial charge in [-0.2, -0.15) is 0 Å². The molecule has 0 fully saturated rings. The topological polar surface area (TPSA) is 56.7 Å². The van der Waals surface area contributed by atoms with Crippen LogP contribution in [0.4, 0.5) is 0 Å². The molecule has 0 aliphatic heterocycles. The van der Waals surface area contributed by atoms with Crippen LogP contribution in [0.25, 0.3) is 0 Å². The van der Waals surface area contributed by atoms with Crippen molar-refractivity contribution < 1.29 is 0 Å². The van der Waals surface area contributed by atoms with Crippen molar-refractivity contribution in [1.82, 2.24) is 15.0 Å². The molecule has 120 valence electrons. The summed E-state index contributed by atoms with van der Waals surface area (Å²) in [5, 5.41) is 8.55. The molecular weight excluding hydrogens is 272 g/mol. The summed E-state index contributed by atoms with van der Waals surface area (Å²) in [5.74, 6) is 0. The second-order valence-corrected chi connectivity index (χ2v) is 5.96. The molecular formula is C18H28N4. The summed E-state index contributed by atoms with van der Waals surface area (Å²) in [5.41, 5.74) is 10.6. The number of aromatic nitrogens is 3. The Morgan fingerprint density at radius 1 is 1.05 bits per heavy atom. The number of rotatable bonds is 9. The Balaban J connectivity index is 1.98. The summed E-state index contributed by atoms with van der Waals surface area (Å²) < 4.78 is 2.06. The predicted molar refractivity (Wildman–Crippen MR) is 90.6 cm³/mol. The summed E-state index contributed by atoms with van der Waals surface area (Å²) in [6.07, 6.45) is 6.93. The predicted octanol–water partition coefficient (Wildman–Crippen LogP) is 3.41. The Hall–Kier alpha value is -1.68. The smallest absolute Gasteiger partial charge is 0.0994 e. The molecule has 0 radical (unpaired) electrons. The van der Waals surface area contributed by atoms with Crippen LogP contribution in [0.15, 0.2) is 24.3 Å². The number of nitrogens with zero attached hydrogens (tertiary/aromatic N) is 3. The number of hydrogen-bond acceptors (Lipinski definition) is 3. The van der Waals surface area contributed by atoms with Gasteiger partial charge >= 0.3 is 0 Å². The molecule has 1 aromatic heterocycles. The fraction of sp³-hybridized carbons (Fsp3) is 0.556. The third-order valence-corrected chi connectivity index (χ3v) is 4.11. The number of nitrogens with two attached hydrogens (primary N) is 1. The maximum Gasteiger partial charge on any atom is 0.0994 e. The maximum absolute atomic E-state index is 5.81. The molecule has 22 heavy (non-hydrogen) atoms. The van der Waals surface area contributed by atoms with Gasteiger partial charge in [0.05, 0.1) is 11.4 Å². The van der Waals surface area contributed by atoms with Gasteiger partial charge in [0, 0.05) is 13.1 Å². The van der Waals surface area contributed by atoms with E-state index in [0.717, 1.165) is 25.1 Å². The second-order valence-electron chi connectivity index (χ2n) is 5.96. The van der Waals surface area contributed by atoms with Gasteiger partial charge in [-0.3, -0.25) is 0 Å². The molecule has 0 aliphatic carbocycles. The third kappa shape index (κ3) is 4.67. The third-order valence-electron chi connectivity index (χ3n) is 4.11. The summed E-state index contributed by atoms with van der Waals surface area (Å²) in [7, 11) is 0. The number of benzene rings is 1. The minimum atomic E-state index is 0.470. The highest BCUT2D eigenvalue weighted by Gasteiger charge is 2.11. The van der Waals surface area contributed by atoms with Gasteiger partial charge in [0.1, 0.15) is 0 Å². The van der Waals surface area contributed by atoms with Crippen LogP contribution >= 0.6 is 0 Å². The second kappa shape index (κ2) is 8.69. The number of aryl methyl sites for hydroxylation is 3. The van der Waals surface area contributed by atoms with Crippen molar-refractivity contribution in [2.24, 2.45) is 5.73 Å². The molecule has 1 aromatic carbocycles. The molecule has 4 heteroatoms. The van der Waals surface area contributed by atoms with E-state index in [9.17, 15) is 0 Å². The fourth-order valence-electron chi connectivity index (χ4n) is 2.69. The Kier molecular flexibility index (Phi) is 6.59. The average Bonchev–Trinajstić information content (AvgIpc) is 2.93.